The second-order valence-corrected chi connectivity index (χ2v) is 7.84. The van der Waals surface area contributed by atoms with Crippen LogP contribution >= 0.6 is 0 Å². The summed E-state index contributed by atoms with van der Waals surface area (Å²) in [5.41, 5.74) is 4.39. The van der Waals surface area contributed by atoms with Gasteiger partial charge in [0.15, 0.2) is 0 Å². The highest BCUT2D eigenvalue weighted by atomic mass is 16.2. The van der Waals surface area contributed by atoms with Crippen LogP contribution in [-0.4, -0.2) is 28.8 Å². The van der Waals surface area contributed by atoms with Gasteiger partial charge in [0.05, 0.1) is 6.42 Å². The van der Waals surface area contributed by atoms with Gasteiger partial charge in [-0.3, -0.25) is 9.59 Å². The quantitative estimate of drug-likeness (QED) is 0.677. The molecule has 1 N–H and O–H groups in total. The molecule has 0 spiro atoms. The van der Waals surface area contributed by atoms with E-state index < -0.39 is 6.04 Å². The fourth-order valence-electron chi connectivity index (χ4n) is 3.33. The Kier molecular flexibility index (Phi) is 8.44. The van der Waals surface area contributed by atoms with Crippen molar-refractivity contribution < 1.29 is 9.59 Å². The molecule has 2 aromatic carbocycles. The highest BCUT2D eigenvalue weighted by molar-refractivity contribution is 5.88. The number of benzene rings is 2. The summed E-state index contributed by atoms with van der Waals surface area (Å²) in [6.07, 6.45) is 1.73. The van der Waals surface area contributed by atoms with Gasteiger partial charge in [-0.25, -0.2) is 0 Å². The van der Waals surface area contributed by atoms with E-state index in [1.807, 2.05) is 63.2 Å². The Morgan fingerprint density at radius 2 is 1.62 bits per heavy atom. The van der Waals surface area contributed by atoms with Gasteiger partial charge < -0.3 is 10.2 Å². The number of nitrogens with zero attached hydrogens (tertiary/aromatic N) is 1. The summed E-state index contributed by atoms with van der Waals surface area (Å²) < 4.78 is 0. The number of carbonyl (C=O) groups is 2. The first-order chi connectivity index (χ1) is 13.8. The van der Waals surface area contributed by atoms with Crippen LogP contribution in [0.2, 0.25) is 0 Å². The van der Waals surface area contributed by atoms with Crippen molar-refractivity contribution in [3.63, 3.8) is 0 Å². The van der Waals surface area contributed by atoms with Gasteiger partial charge in [0.2, 0.25) is 11.8 Å². The van der Waals surface area contributed by atoms with Gasteiger partial charge in [0, 0.05) is 12.6 Å². The van der Waals surface area contributed by atoms with Crippen molar-refractivity contribution in [1.29, 1.82) is 0 Å². The highest BCUT2D eigenvalue weighted by Gasteiger charge is 2.29. The molecular weight excluding hydrogens is 360 g/mol. The van der Waals surface area contributed by atoms with Crippen molar-refractivity contribution >= 4 is 11.8 Å². The Labute approximate surface area is 175 Å². The first-order valence-corrected chi connectivity index (χ1v) is 10.6. The third kappa shape index (κ3) is 6.45. The van der Waals surface area contributed by atoms with Gasteiger partial charge in [-0.15, -0.1) is 0 Å². The normalized spacial score (nSPS) is 12.9. The van der Waals surface area contributed by atoms with Crippen LogP contribution in [0.15, 0.2) is 48.5 Å². The van der Waals surface area contributed by atoms with E-state index >= 15 is 0 Å². The van der Waals surface area contributed by atoms with Crippen LogP contribution < -0.4 is 5.32 Å². The Morgan fingerprint density at radius 3 is 2.21 bits per heavy atom. The number of hydrogen-bond donors (Lipinski definition) is 1. The van der Waals surface area contributed by atoms with E-state index in [4.69, 9.17) is 0 Å². The van der Waals surface area contributed by atoms with Gasteiger partial charge in [-0.1, -0.05) is 62.4 Å². The molecule has 0 saturated heterocycles. The van der Waals surface area contributed by atoms with Crippen molar-refractivity contribution in [2.75, 3.05) is 0 Å². The largest absolute Gasteiger partial charge is 0.352 e. The van der Waals surface area contributed by atoms with Crippen molar-refractivity contribution in [2.24, 2.45) is 0 Å². The van der Waals surface area contributed by atoms with Crippen LogP contribution in [-0.2, 0) is 22.6 Å². The third-order valence-electron chi connectivity index (χ3n) is 5.51. The molecule has 0 unspecified atom stereocenters. The van der Waals surface area contributed by atoms with Crippen LogP contribution in [0.3, 0.4) is 0 Å². The van der Waals surface area contributed by atoms with E-state index in [2.05, 4.69) is 25.2 Å². The number of rotatable bonds is 9. The van der Waals surface area contributed by atoms with Crippen molar-refractivity contribution in [3.8, 4) is 0 Å². The van der Waals surface area contributed by atoms with Gasteiger partial charge in [-0.2, -0.15) is 0 Å². The van der Waals surface area contributed by atoms with Gasteiger partial charge >= 0.3 is 0 Å². The lowest BCUT2D eigenvalue weighted by molar-refractivity contribution is -0.141. The topological polar surface area (TPSA) is 49.4 Å². The zero-order valence-electron chi connectivity index (χ0n) is 18.4. The second-order valence-electron chi connectivity index (χ2n) is 7.84. The van der Waals surface area contributed by atoms with Crippen LogP contribution in [0.5, 0.6) is 0 Å². The Morgan fingerprint density at radius 1 is 0.931 bits per heavy atom. The van der Waals surface area contributed by atoms with Gasteiger partial charge in [0.1, 0.15) is 6.04 Å². The zero-order valence-corrected chi connectivity index (χ0v) is 18.4. The molecule has 2 amide bonds. The first-order valence-electron chi connectivity index (χ1n) is 10.6. The SMILES string of the molecule is CC[C@@H](C)NC(=O)[C@@H](CC)N(Cc1ccccc1)C(=O)Cc1ccc(C)c(C)c1. The van der Waals surface area contributed by atoms with Crippen LogP contribution in [0.4, 0.5) is 0 Å². The molecule has 2 aromatic rings. The number of carbonyl (C=O) groups excluding carboxylic acids is 2. The predicted molar refractivity (Wildman–Crippen MR) is 119 cm³/mol. The lowest BCUT2D eigenvalue weighted by Gasteiger charge is -2.31. The lowest BCUT2D eigenvalue weighted by atomic mass is 10.0. The molecule has 0 aliphatic rings. The molecule has 0 heterocycles. The van der Waals surface area contributed by atoms with Crippen molar-refractivity contribution in [3.05, 3.63) is 70.8 Å². The number of hydrogen-bond acceptors (Lipinski definition) is 2. The van der Waals surface area contributed by atoms with Gasteiger partial charge in [-0.05, 0) is 55.9 Å². The molecule has 0 aromatic heterocycles. The van der Waals surface area contributed by atoms with E-state index in [9.17, 15) is 9.59 Å². The molecule has 0 bridgehead atoms. The third-order valence-corrected chi connectivity index (χ3v) is 5.51. The Hall–Kier alpha value is -2.62. The molecule has 0 aliphatic heterocycles. The summed E-state index contributed by atoms with van der Waals surface area (Å²) >= 11 is 0. The summed E-state index contributed by atoms with van der Waals surface area (Å²) in [4.78, 5) is 28.0. The van der Waals surface area contributed by atoms with Crippen molar-refractivity contribution in [2.45, 2.75) is 72.5 Å². The molecule has 2 rings (SSSR count). The predicted octanol–water partition coefficient (Wildman–Crippen LogP) is 4.57. The van der Waals surface area contributed by atoms with Crippen LogP contribution in [0, 0.1) is 13.8 Å². The molecule has 29 heavy (non-hydrogen) atoms. The average molecular weight is 395 g/mol. The maximum absolute atomic E-state index is 13.3. The molecule has 156 valence electrons. The lowest BCUT2D eigenvalue weighted by Crippen LogP contribution is -2.51. The second kappa shape index (κ2) is 10.8. The number of amides is 2. The van der Waals surface area contributed by atoms with Gasteiger partial charge in [0.25, 0.3) is 0 Å². The van der Waals surface area contributed by atoms with E-state index in [0.717, 1.165) is 17.5 Å². The van der Waals surface area contributed by atoms with Crippen molar-refractivity contribution in [1.82, 2.24) is 10.2 Å². The number of aryl methyl sites for hydroxylation is 2. The smallest absolute Gasteiger partial charge is 0.243 e. The first kappa shape index (κ1) is 22.7. The summed E-state index contributed by atoms with van der Waals surface area (Å²) in [5, 5.41) is 3.05. The van der Waals surface area contributed by atoms with E-state index in [-0.39, 0.29) is 17.9 Å². The summed E-state index contributed by atoms with van der Waals surface area (Å²) in [6.45, 7) is 10.5. The Balaban J connectivity index is 2.27. The molecule has 4 nitrogen and oxygen atoms in total. The minimum Gasteiger partial charge on any atom is -0.352 e. The molecule has 0 aliphatic carbocycles. The van der Waals surface area contributed by atoms with Crippen LogP contribution in [0.1, 0.15) is 55.9 Å². The Bertz CT molecular complexity index is 817. The molecule has 0 radical (unpaired) electrons. The maximum atomic E-state index is 13.3. The molecule has 2 atom stereocenters. The maximum Gasteiger partial charge on any atom is 0.243 e. The highest BCUT2D eigenvalue weighted by Crippen LogP contribution is 2.16. The fraction of sp³-hybridized carbons (Fsp3) is 0.440. The van der Waals surface area contributed by atoms with Crippen LogP contribution in [0.25, 0.3) is 0 Å². The zero-order chi connectivity index (χ0) is 21.4. The number of nitrogens with one attached hydrogen (secondary N) is 1. The molecule has 4 heteroatoms. The molecule has 0 saturated carbocycles. The average Bonchev–Trinajstić information content (AvgIpc) is 2.71. The van der Waals surface area contributed by atoms with E-state index in [1.54, 1.807) is 4.90 Å². The fourth-order valence-corrected chi connectivity index (χ4v) is 3.33. The summed E-state index contributed by atoms with van der Waals surface area (Å²) in [7, 11) is 0. The standard InChI is InChI=1S/C25H34N2O2/c1-6-20(5)26-25(29)23(7-2)27(17-21-11-9-8-10-12-21)24(28)16-22-14-13-18(3)19(4)15-22/h8-15,20,23H,6-7,16-17H2,1-5H3,(H,26,29)/t20-,23-/m1/s1. The minimum absolute atomic E-state index is 0.0248. The monoisotopic (exact) mass is 394 g/mol. The summed E-state index contributed by atoms with van der Waals surface area (Å²) in [5.74, 6) is -0.102. The molecule has 0 fully saturated rings. The summed E-state index contributed by atoms with van der Waals surface area (Å²) in [6, 6.07) is 15.6. The van der Waals surface area contributed by atoms with E-state index in [0.29, 0.717) is 19.4 Å². The van der Waals surface area contributed by atoms with E-state index in [1.165, 1.54) is 11.1 Å². The minimum atomic E-state index is -0.483. The molecular formula is C25H34N2O2.